The molecular weight excluding hydrogens is 357 g/mol. The van der Waals surface area contributed by atoms with Crippen molar-refractivity contribution < 1.29 is 9.18 Å². The second-order valence-corrected chi connectivity index (χ2v) is 7.18. The summed E-state index contributed by atoms with van der Waals surface area (Å²) in [6.07, 6.45) is 3.94. The van der Waals surface area contributed by atoms with Gasteiger partial charge >= 0.3 is 0 Å². The molecule has 2 aromatic heterocycles. The molecule has 0 aliphatic carbocycles. The summed E-state index contributed by atoms with van der Waals surface area (Å²) < 4.78 is 15.3. The summed E-state index contributed by atoms with van der Waals surface area (Å²) in [7, 11) is 1.87. The summed E-state index contributed by atoms with van der Waals surface area (Å²) in [5, 5.41) is 4.26. The van der Waals surface area contributed by atoms with Crippen LogP contribution in [0.25, 0.3) is 11.4 Å². The van der Waals surface area contributed by atoms with Gasteiger partial charge in [0.05, 0.1) is 23.1 Å². The van der Waals surface area contributed by atoms with E-state index in [9.17, 15) is 9.18 Å². The van der Waals surface area contributed by atoms with E-state index in [1.54, 1.807) is 28.0 Å². The van der Waals surface area contributed by atoms with Gasteiger partial charge in [-0.2, -0.15) is 5.10 Å². The average Bonchev–Trinajstić information content (AvgIpc) is 3.18. The molecule has 1 amide bonds. The lowest BCUT2D eigenvalue weighted by Gasteiger charge is -2.26. The van der Waals surface area contributed by atoms with Gasteiger partial charge in [-0.25, -0.2) is 4.39 Å². The Kier molecular flexibility index (Phi) is 4.68. The van der Waals surface area contributed by atoms with E-state index in [4.69, 9.17) is 5.73 Å². The molecular formula is C21H22FN5O. The van der Waals surface area contributed by atoms with Crippen LogP contribution in [0, 0.1) is 12.7 Å². The molecule has 1 aromatic carbocycles. The van der Waals surface area contributed by atoms with Gasteiger partial charge in [0.15, 0.2) is 0 Å². The molecule has 0 unspecified atom stereocenters. The van der Waals surface area contributed by atoms with Crippen LogP contribution in [0.4, 0.5) is 4.39 Å². The van der Waals surface area contributed by atoms with Crippen LogP contribution in [0.3, 0.4) is 0 Å². The van der Waals surface area contributed by atoms with Gasteiger partial charge in [0, 0.05) is 32.4 Å². The number of aryl methyl sites for hydroxylation is 2. The number of carbonyl (C=O) groups excluding carboxylic acids is 1. The van der Waals surface area contributed by atoms with Crippen LogP contribution in [0.5, 0.6) is 0 Å². The summed E-state index contributed by atoms with van der Waals surface area (Å²) in [6.45, 7) is 2.76. The lowest BCUT2D eigenvalue weighted by molar-refractivity contribution is 0.0708. The molecule has 0 fully saturated rings. The molecule has 0 saturated carbocycles. The topological polar surface area (TPSA) is 77.0 Å². The van der Waals surface area contributed by atoms with Gasteiger partial charge in [-0.1, -0.05) is 12.1 Å². The number of rotatable bonds is 5. The van der Waals surface area contributed by atoms with Crippen molar-refractivity contribution in [2.24, 2.45) is 12.8 Å². The van der Waals surface area contributed by atoms with Gasteiger partial charge in [0.2, 0.25) is 0 Å². The molecule has 0 saturated heterocycles. The van der Waals surface area contributed by atoms with Crippen LogP contribution in [-0.2, 0) is 20.0 Å². The zero-order chi connectivity index (χ0) is 19.8. The van der Waals surface area contributed by atoms with Crippen molar-refractivity contribution in [1.82, 2.24) is 19.7 Å². The van der Waals surface area contributed by atoms with Crippen molar-refractivity contribution in [3.63, 3.8) is 0 Å². The lowest BCUT2D eigenvalue weighted by Crippen LogP contribution is -2.42. The van der Waals surface area contributed by atoms with Crippen LogP contribution in [0.2, 0.25) is 0 Å². The maximum atomic E-state index is 13.5. The number of carbonyl (C=O) groups is 1. The van der Waals surface area contributed by atoms with E-state index in [1.807, 2.05) is 26.1 Å². The third-order valence-electron chi connectivity index (χ3n) is 5.26. The molecule has 4 rings (SSSR count). The van der Waals surface area contributed by atoms with Crippen LogP contribution in [-0.4, -0.2) is 38.2 Å². The monoisotopic (exact) mass is 379 g/mol. The number of hydrogen-bond donors (Lipinski definition) is 1. The first-order valence-electron chi connectivity index (χ1n) is 9.21. The molecule has 28 heavy (non-hydrogen) atoms. The van der Waals surface area contributed by atoms with Gasteiger partial charge in [-0.05, 0) is 48.2 Å². The molecule has 7 heteroatoms. The average molecular weight is 379 g/mol. The molecule has 6 nitrogen and oxygen atoms in total. The molecule has 2 N–H and O–H groups in total. The Hall–Kier alpha value is -3.06. The number of amides is 1. The predicted octanol–water partition coefficient (Wildman–Crippen LogP) is 2.46. The van der Waals surface area contributed by atoms with E-state index in [1.165, 1.54) is 12.1 Å². The number of nitrogens with zero attached hydrogens (tertiary/aromatic N) is 4. The lowest BCUT2D eigenvalue weighted by atomic mass is 10.0. The first-order chi connectivity index (χ1) is 13.5. The summed E-state index contributed by atoms with van der Waals surface area (Å²) in [6, 6.07) is 8.17. The number of halogens is 1. The minimum atomic E-state index is -0.287. The number of hydrogen-bond acceptors (Lipinski definition) is 4. The summed E-state index contributed by atoms with van der Waals surface area (Å²) in [5.74, 6) is -0.368. The van der Waals surface area contributed by atoms with E-state index < -0.39 is 0 Å². The van der Waals surface area contributed by atoms with Gasteiger partial charge < -0.3 is 10.6 Å². The molecule has 1 aliphatic heterocycles. The molecule has 3 aromatic rings. The minimum absolute atomic E-state index is 0.0809. The quantitative estimate of drug-likeness (QED) is 0.739. The highest BCUT2D eigenvalue weighted by Crippen LogP contribution is 2.29. The maximum absolute atomic E-state index is 13.5. The van der Waals surface area contributed by atoms with E-state index in [0.717, 1.165) is 28.1 Å². The molecule has 144 valence electrons. The number of aromatic nitrogens is 3. The molecule has 1 atom stereocenters. The van der Waals surface area contributed by atoms with Crippen molar-refractivity contribution in [2.75, 3.05) is 6.54 Å². The van der Waals surface area contributed by atoms with Crippen LogP contribution in [0.1, 0.15) is 27.0 Å². The molecule has 0 spiro atoms. The third kappa shape index (κ3) is 3.18. The van der Waals surface area contributed by atoms with Crippen molar-refractivity contribution in [2.45, 2.75) is 25.9 Å². The number of fused-ring (bicyclic) bond motifs is 1. The largest absolute Gasteiger partial charge is 0.330 e. The van der Waals surface area contributed by atoms with Crippen LogP contribution in [0.15, 0.2) is 42.7 Å². The number of nitrogens with two attached hydrogens (primary N) is 1. The Balaban J connectivity index is 1.61. The SMILES string of the molecule is Cc1cnn(C)c1-c1cc2c(cn1)C(=O)N([C@H](CN)Cc1cccc(F)c1)C2. The predicted molar refractivity (Wildman–Crippen MR) is 104 cm³/mol. The second kappa shape index (κ2) is 7.16. The molecule has 0 bridgehead atoms. The Labute approximate surface area is 162 Å². The smallest absolute Gasteiger partial charge is 0.256 e. The van der Waals surface area contributed by atoms with E-state index in [0.29, 0.717) is 25.1 Å². The first-order valence-corrected chi connectivity index (χ1v) is 9.21. The summed E-state index contributed by atoms with van der Waals surface area (Å²) in [4.78, 5) is 19.2. The fourth-order valence-corrected chi connectivity index (χ4v) is 3.83. The minimum Gasteiger partial charge on any atom is -0.330 e. The first kappa shape index (κ1) is 18.3. The van der Waals surface area contributed by atoms with Crippen LogP contribution >= 0.6 is 0 Å². The van der Waals surface area contributed by atoms with Gasteiger partial charge in [-0.15, -0.1) is 0 Å². The van der Waals surface area contributed by atoms with Gasteiger partial charge in [0.1, 0.15) is 5.82 Å². The maximum Gasteiger partial charge on any atom is 0.256 e. The summed E-state index contributed by atoms with van der Waals surface area (Å²) in [5.41, 5.74) is 11.1. The van der Waals surface area contributed by atoms with Crippen molar-refractivity contribution in [3.05, 3.63) is 70.8 Å². The van der Waals surface area contributed by atoms with Crippen LogP contribution < -0.4 is 5.73 Å². The Bertz CT molecular complexity index is 1030. The molecule has 0 radical (unpaired) electrons. The number of benzene rings is 1. The highest BCUT2D eigenvalue weighted by Gasteiger charge is 2.33. The Morgan fingerprint density at radius 3 is 2.79 bits per heavy atom. The zero-order valence-electron chi connectivity index (χ0n) is 15.9. The van der Waals surface area contributed by atoms with Gasteiger partial charge in [0.25, 0.3) is 5.91 Å². The Morgan fingerprint density at radius 1 is 1.29 bits per heavy atom. The highest BCUT2D eigenvalue weighted by molar-refractivity contribution is 5.98. The van der Waals surface area contributed by atoms with Crippen molar-refractivity contribution in [3.8, 4) is 11.4 Å². The van der Waals surface area contributed by atoms with Crippen molar-refractivity contribution >= 4 is 5.91 Å². The summed E-state index contributed by atoms with van der Waals surface area (Å²) >= 11 is 0. The fraction of sp³-hybridized carbons (Fsp3) is 0.286. The zero-order valence-corrected chi connectivity index (χ0v) is 15.9. The number of pyridine rings is 1. The van der Waals surface area contributed by atoms with Crippen molar-refractivity contribution in [1.29, 1.82) is 0 Å². The Morgan fingerprint density at radius 2 is 2.11 bits per heavy atom. The van der Waals surface area contributed by atoms with Gasteiger partial charge in [-0.3, -0.25) is 14.5 Å². The van der Waals surface area contributed by atoms with E-state index in [2.05, 4.69) is 10.1 Å². The second-order valence-electron chi connectivity index (χ2n) is 7.18. The van der Waals surface area contributed by atoms with E-state index >= 15 is 0 Å². The molecule has 3 heterocycles. The standard InChI is InChI=1S/C21H22FN5O/c1-13-10-25-26(2)20(13)19-8-15-12-27(21(28)18(15)11-24-19)17(9-23)7-14-4-3-5-16(22)6-14/h3-6,8,10-11,17H,7,9,12,23H2,1-2H3/t17-/m0/s1. The normalized spacial score (nSPS) is 14.4. The fourth-order valence-electron chi connectivity index (χ4n) is 3.83. The highest BCUT2D eigenvalue weighted by atomic mass is 19.1. The van der Waals surface area contributed by atoms with E-state index in [-0.39, 0.29) is 17.8 Å². The molecule has 1 aliphatic rings. The third-order valence-corrected chi connectivity index (χ3v) is 5.26.